The average Bonchev–Trinajstić information content (AvgIpc) is 2.32. The first kappa shape index (κ1) is 10.3. The van der Waals surface area contributed by atoms with Crippen molar-refractivity contribution < 1.29 is 4.39 Å². The van der Waals surface area contributed by atoms with Gasteiger partial charge in [0.1, 0.15) is 0 Å². The summed E-state index contributed by atoms with van der Waals surface area (Å²) in [6.07, 6.45) is 3.30. The Morgan fingerprint density at radius 3 is 2.77 bits per heavy atom. The predicted octanol–water partition coefficient (Wildman–Crippen LogP) is 1.90. The molecule has 0 spiro atoms. The largest absolute Gasteiger partial charge is 0.375 e. The SMILES string of the molecule is C/C(F)=C\C1C(C(C)C)=CNC1N. The Labute approximate surface area is 78.7 Å². The van der Waals surface area contributed by atoms with Gasteiger partial charge in [-0.3, -0.25) is 0 Å². The molecule has 1 heterocycles. The third-order valence-electron chi connectivity index (χ3n) is 2.29. The van der Waals surface area contributed by atoms with Gasteiger partial charge in [0.25, 0.3) is 0 Å². The van der Waals surface area contributed by atoms with Crippen molar-refractivity contribution >= 4 is 0 Å². The van der Waals surface area contributed by atoms with Gasteiger partial charge in [0.05, 0.1) is 12.0 Å². The minimum absolute atomic E-state index is 0.00463. The molecule has 0 aromatic carbocycles. The Kier molecular flexibility index (Phi) is 3.09. The summed E-state index contributed by atoms with van der Waals surface area (Å²) in [7, 11) is 0. The summed E-state index contributed by atoms with van der Waals surface area (Å²) in [5.74, 6) is 0.238. The predicted molar refractivity (Wildman–Crippen MR) is 52.4 cm³/mol. The van der Waals surface area contributed by atoms with E-state index in [0.29, 0.717) is 5.92 Å². The van der Waals surface area contributed by atoms with E-state index in [-0.39, 0.29) is 17.9 Å². The summed E-state index contributed by atoms with van der Waals surface area (Å²) in [5, 5.41) is 3.01. The molecule has 0 saturated heterocycles. The molecule has 1 aliphatic rings. The van der Waals surface area contributed by atoms with Gasteiger partial charge in [-0.2, -0.15) is 0 Å². The summed E-state index contributed by atoms with van der Waals surface area (Å²) in [6, 6.07) is 0. The average molecular weight is 184 g/mol. The second kappa shape index (κ2) is 3.92. The first-order valence-electron chi connectivity index (χ1n) is 4.58. The van der Waals surface area contributed by atoms with Gasteiger partial charge in [-0.25, -0.2) is 4.39 Å². The fraction of sp³-hybridized carbons (Fsp3) is 0.600. The van der Waals surface area contributed by atoms with E-state index in [4.69, 9.17) is 5.73 Å². The second-order valence-corrected chi connectivity index (χ2v) is 3.77. The lowest BCUT2D eigenvalue weighted by molar-refractivity contribution is 0.513. The maximum Gasteiger partial charge on any atom is 0.0936 e. The van der Waals surface area contributed by atoms with Gasteiger partial charge in [0, 0.05) is 5.92 Å². The van der Waals surface area contributed by atoms with E-state index < -0.39 is 0 Å². The van der Waals surface area contributed by atoms with Crippen LogP contribution >= 0.6 is 0 Å². The van der Waals surface area contributed by atoms with E-state index in [2.05, 4.69) is 19.2 Å². The van der Waals surface area contributed by atoms with Crippen LogP contribution in [0.4, 0.5) is 4.39 Å². The quantitative estimate of drug-likeness (QED) is 0.688. The van der Waals surface area contributed by atoms with Crippen LogP contribution in [-0.4, -0.2) is 6.17 Å². The van der Waals surface area contributed by atoms with Crippen molar-refractivity contribution in [1.82, 2.24) is 5.32 Å². The molecule has 0 bridgehead atoms. The molecule has 1 rings (SSSR count). The van der Waals surface area contributed by atoms with Crippen LogP contribution < -0.4 is 11.1 Å². The third-order valence-corrected chi connectivity index (χ3v) is 2.29. The Hall–Kier alpha value is -0.830. The molecule has 0 aromatic heterocycles. The van der Waals surface area contributed by atoms with Crippen LogP contribution in [0.5, 0.6) is 0 Å². The molecule has 3 heteroatoms. The number of halogens is 1. The van der Waals surface area contributed by atoms with Crippen molar-refractivity contribution in [3.8, 4) is 0 Å². The molecule has 3 N–H and O–H groups in total. The lowest BCUT2D eigenvalue weighted by atomic mass is 9.91. The highest BCUT2D eigenvalue weighted by Gasteiger charge is 2.26. The summed E-state index contributed by atoms with van der Waals surface area (Å²) < 4.78 is 12.7. The van der Waals surface area contributed by atoms with Gasteiger partial charge in [-0.05, 0) is 30.7 Å². The van der Waals surface area contributed by atoms with Gasteiger partial charge < -0.3 is 11.1 Å². The minimum Gasteiger partial charge on any atom is -0.375 e. The van der Waals surface area contributed by atoms with Crippen molar-refractivity contribution in [3.63, 3.8) is 0 Å². The molecule has 2 nitrogen and oxygen atoms in total. The maximum atomic E-state index is 12.7. The number of nitrogens with one attached hydrogen (secondary N) is 1. The van der Waals surface area contributed by atoms with E-state index in [1.165, 1.54) is 12.5 Å². The van der Waals surface area contributed by atoms with Crippen LogP contribution in [0.15, 0.2) is 23.7 Å². The number of allylic oxidation sites excluding steroid dienone is 1. The number of hydrogen-bond donors (Lipinski definition) is 2. The van der Waals surface area contributed by atoms with Gasteiger partial charge in [0.2, 0.25) is 0 Å². The van der Waals surface area contributed by atoms with Crippen LogP contribution in [0.3, 0.4) is 0 Å². The fourth-order valence-corrected chi connectivity index (χ4v) is 1.60. The summed E-state index contributed by atoms with van der Waals surface area (Å²) >= 11 is 0. The molecule has 74 valence electrons. The van der Waals surface area contributed by atoms with Crippen molar-refractivity contribution in [3.05, 3.63) is 23.7 Å². The number of hydrogen-bond acceptors (Lipinski definition) is 2. The molecule has 2 unspecified atom stereocenters. The minimum atomic E-state index is -0.178. The van der Waals surface area contributed by atoms with E-state index in [9.17, 15) is 4.39 Å². The molecular weight excluding hydrogens is 167 g/mol. The molecule has 0 amide bonds. The molecule has 1 aliphatic heterocycles. The Bertz CT molecular complexity index is 239. The summed E-state index contributed by atoms with van der Waals surface area (Å²) in [5.41, 5.74) is 6.95. The van der Waals surface area contributed by atoms with Crippen molar-refractivity contribution in [1.29, 1.82) is 0 Å². The zero-order valence-corrected chi connectivity index (χ0v) is 8.34. The third kappa shape index (κ3) is 2.31. The van der Waals surface area contributed by atoms with Crippen LogP contribution in [0.25, 0.3) is 0 Å². The maximum absolute atomic E-state index is 12.7. The second-order valence-electron chi connectivity index (χ2n) is 3.77. The lowest BCUT2D eigenvalue weighted by Gasteiger charge is -2.17. The smallest absolute Gasteiger partial charge is 0.0936 e. The topological polar surface area (TPSA) is 38.0 Å². The van der Waals surface area contributed by atoms with E-state index in [0.717, 1.165) is 0 Å². The van der Waals surface area contributed by atoms with Gasteiger partial charge in [-0.1, -0.05) is 13.8 Å². The first-order chi connectivity index (χ1) is 6.02. The molecular formula is C10H17FN2. The fourth-order valence-electron chi connectivity index (χ4n) is 1.60. The van der Waals surface area contributed by atoms with E-state index >= 15 is 0 Å². The van der Waals surface area contributed by atoms with Crippen LogP contribution in [0.1, 0.15) is 20.8 Å². The van der Waals surface area contributed by atoms with Crippen molar-refractivity contribution in [2.24, 2.45) is 17.6 Å². The van der Waals surface area contributed by atoms with Crippen molar-refractivity contribution in [2.45, 2.75) is 26.9 Å². The lowest BCUT2D eigenvalue weighted by Crippen LogP contribution is -2.36. The molecule has 0 fully saturated rings. The molecule has 0 radical (unpaired) electrons. The van der Waals surface area contributed by atoms with Crippen molar-refractivity contribution in [2.75, 3.05) is 0 Å². The Morgan fingerprint density at radius 1 is 1.69 bits per heavy atom. The Morgan fingerprint density at radius 2 is 2.31 bits per heavy atom. The first-order valence-corrected chi connectivity index (χ1v) is 4.58. The van der Waals surface area contributed by atoms with Gasteiger partial charge >= 0.3 is 0 Å². The summed E-state index contributed by atoms with van der Waals surface area (Å²) in [4.78, 5) is 0. The van der Waals surface area contributed by atoms with Crippen LogP contribution in [0.2, 0.25) is 0 Å². The van der Waals surface area contributed by atoms with Crippen LogP contribution in [0, 0.1) is 11.8 Å². The molecule has 2 atom stereocenters. The van der Waals surface area contributed by atoms with Gasteiger partial charge in [-0.15, -0.1) is 0 Å². The normalized spacial score (nSPS) is 29.1. The van der Waals surface area contributed by atoms with E-state index in [1.807, 2.05) is 6.20 Å². The monoisotopic (exact) mass is 184 g/mol. The highest BCUT2D eigenvalue weighted by Crippen LogP contribution is 2.27. The molecule has 13 heavy (non-hydrogen) atoms. The Balaban J connectivity index is 2.80. The molecule has 0 aromatic rings. The van der Waals surface area contributed by atoms with Gasteiger partial charge in [0.15, 0.2) is 0 Å². The highest BCUT2D eigenvalue weighted by molar-refractivity contribution is 5.23. The molecule has 0 saturated carbocycles. The number of nitrogens with two attached hydrogens (primary N) is 1. The highest BCUT2D eigenvalue weighted by atomic mass is 19.1. The standard InChI is InChI=1S/C10H17FN2/c1-6(2)9-5-13-10(12)8(9)4-7(3)11/h4-6,8,10,13H,12H2,1-3H3/b7-4+. The zero-order chi connectivity index (χ0) is 10.0. The van der Waals surface area contributed by atoms with E-state index in [1.54, 1.807) is 6.08 Å². The number of rotatable bonds is 2. The molecule has 0 aliphatic carbocycles. The summed E-state index contributed by atoms with van der Waals surface area (Å²) in [6.45, 7) is 5.61. The zero-order valence-electron chi connectivity index (χ0n) is 8.34. The van der Waals surface area contributed by atoms with Crippen LogP contribution in [-0.2, 0) is 0 Å².